The van der Waals surface area contributed by atoms with Gasteiger partial charge < -0.3 is 0 Å². The van der Waals surface area contributed by atoms with Crippen LogP contribution in [0.2, 0.25) is 0 Å². The first kappa shape index (κ1) is 10.9. The summed E-state index contributed by atoms with van der Waals surface area (Å²) in [5.74, 6) is 0.793. The van der Waals surface area contributed by atoms with E-state index in [0.29, 0.717) is 0 Å². The van der Waals surface area contributed by atoms with Crippen LogP contribution >= 0.6 is 0 Å². The average molecular weight is 215 g/mol. The van der Waals surface area contributed by atoms with Crippen LogP contribution in [0.5, 0.6) is 0 Å². The third-order valence-electron chi connectivity index (χ3n) is 2.58. The molecule has 84 valence electrons. The van der Waals surface area contributed by atoms with Gasteiger partial charge in [0.25, 0.3) is 0 Å². The van der Waals surface area contributed by atoms with E-state index in [9.17, 15) is 0 Å². The van der Waals surface area contributed by atoms with E-state index in [1.54, 1.807) is 6.33 Å². The molecule has 0 saturated heterocycles. The Hall–Kier alpha value is -1.64. The van der Waals surface area contributed by atoms with Crippen molar-refractivity contribution in [3.05, 3.63) is 42.0 Å². The number of nitrogens with zero attached hydrogens (tertiary/aromatic N) is 3. The SMILES string of the molecule is Cc1ncn(-c2cccc(C(C)(C)C)c2)n1. The molecule has 0 aliphatic heterocycles. The highest BCUT2D eigenvalue weighted by Gasteiger charge is 2.14. The van der Waals surface area contributed by atoms with Crippen molar-refractivity contribution in [2.75, 3.05) is 0 Å². The van der Waals surface area contributed by atoms with Gasteiger partial charge in [-0.3, -0.25) is 0 Å². The first-order valence-electron chi connectivity index (χ1n) is 5.46. The highest BCUT2D eigenvalue weighted by molar-refractivity contribution is 5.37. The van der Waals surface area contributed by atoms with Crippen LogP contribution in [0.4, 0.5) is 0 Å². The number of aromatic nitrogens is 3. The minimum absolute atomic E-state index is 0.158. The maximum Gasteiger partial charge on any atom is 0.147 e. The molecule has 1 aromatic heterocycles. The van der Waals surface area contributed by atoms with E-state index in [2.05, 4.69) is 49.1 Å². The summed E-state index contributed by atoms with van der Waals surface area (Å²) in [6, 6.07) is 8.41. The highest BCUT2D eigenvalue weighted by atomic mass is 15.3. The smallest absolute Gasteiger partial charge is 0.147 e. The molecule has 0 radical (unpaired) electrons. The van der Waals surface area contributed by atoms with Crippen LogP contribution in [0.3, 0.4) is 0 Å². The Labute approximate surface area is 96.1 Å². The van der Waals surface area contributed by atoms with Crippen LogP contribution < -0.4 is 0 Å². The van der Waals surface area contributed by atoms with Crippen LogP contribution in [0.15, 0.2) is 30.6 Å². The minimum atomic E-state index is 0.158. The average Bonchev–Trinajstić information content (AvgIpc) is 2.64. The molecule has 2 rings (SSSR count). The molecule has 0 fully saturated rings. The summed E-state index contributed by atoms with van der Waals surface area (Å²) in [6.45, 7) is 8.51. The monoisotopic (exact) mass is 215 g/mol. The second-order valence-electron chi connectivity index (χ2n) is 5.04. The van der Waals surface area contributed by atoms with E-state index in [0.717, 1.165) is 11.5 Å². The van der Waals surface area contributed by atoms with Gasteiger partial charge >= 0.3 is 0 Å². The molecule has 0 amide bonds. The summed E-state index contributed by atoms with van der Waals surface area (Å²) in [7, 11) is 0. The number of aryl methyl sites for hydroxylation is 1. The first-order valence-corrected chi connectivity index (χ1v) is 5.46. The van der Waals surface area contributed by atoms with Gasteiger partial charge in [-0.1, -0.05) is 32.9 Å². The van der Waals surface area contributed by atoms with Crippen LogP contribution in [0.25, 0.3) is 5.69 Å². The van der Waals surface area contributed by atoms with E-state index in [1.165, 1.54) is 5.56 Å². The first-order chi connectivity index (χ1) is 7.47. The minimum Gasteiger partial charge on any atom is -0.221 e. The van der Waals surface area contributed by atoms with Crippen molar-refractivity contribution in [3.8, 4) is 5.69 Å². The molecule has 0 aliphatic carbocycles. The summed E-state index contributed by atoms with van der Waals surface area (Å²) in [6.07, 6.45) is 1.75. The molecule has 0 spiro atoms. The topological polar surface area (TPSA) is 30.7 Å². The fraction of sp³-hybridized carbons (Fsp3) is 0.385. The van der Waals surface area contributed by atoms with E-state index < -0.39 is 0 Å². The lowest BCUT2D eigenvalue weighted by Gasteiger charge is -2.19. The Kier molecular flexibility index (Phi) is 2.54. The number of hydrogen-bond donors (Lipinski definition) is 0. The van der Waals surface area contributed by atoms with Crippen molar-refractivity contribution in [1.29, 1.82) is 0 Å². The molecule has 3 nitrogen and oxygen atoms in total. The highest BCUT2D eigenvalue weighted by Crippen LogP contribution is 2.23. The Balaban J connectivity index is 2.44. The Morgan fingerprint density at radius 3 is 2.50 bits per heavy atom. The zero-order chi connectivity index (χ0) is 11.8. The molecule has 0 aliphatic rings. The van der Waals surface area contributed by atoms with Crippen molar-refractivity contribution in [1.82, 2.24) is 14.8 Å². The molecule has 0 unspecified atom stereocenters. The Morgan fingerprint density at radius 1 is 1.19 bits per heavy atom. The van der Waals surface area contributed by atoms with E-state index in [-0.39, 0.29) is 5.41 Å². The molecule has 0 bridgehead atoms. The molecule has 0 atom stereocenters. The van der Waals surface area contributed by atoms with Gasteiger partial charge in [-0.2, -0.15) is 5.10 Å². The number of rotatable bonds is 1. The third kappa shape index (κ3) is 2.13. The van der Waals surface area contributed by atoms with E-state index >= 15 is 0 Å². The Morgan fingerprint density at radius 2 is 1.94 bits per heavy atom. The standard InChI is InChI=1S/C13H17N3/c1-10-14-9-16(15-10)12-7-5-6-11(8-12)13(2,3)4/h5-9H,1-4H3. The van der Waals surface area contributed by atoms with Crippen molar-refractivity contribution >= 4 is 0 Å². The summed E-state index contributed by atoms with van der Waals surface area (Å²) < 4.78 is 1.81. The zero-order valence-corrected chi connectivity index (χ0v) is 10.2. The van der Waals surface area contributed by atoms with Crippen molar-refractivity contribution in [2.24, 2.45) is 0 Å². The van der Waals surface area contributed by atoms with Crippen molar-refractivity contribution < 1.29 is 0 Å². The van der Waals surface area contributed by atoms with Gasteiger partial charge in [-0.15, -0.1) is 0 Å². The van der Waals surface area contributed by atoms with Crippen molar-refractivity contribution in [3.63, 3.8) is 0 Å². The zero-order valence-electron chi connectivity index (χ0n) is 10.2. The summed E-state index contributed by atoms with van der Waals surface area (Å²) in [5.41, 5.74) is 2.53. The summed E-state index contributed by atoms with van der Waals surface area (Å²) >= 11 is 0. The van der Waals surface area contributed by atoms with Gasteiger partial charge in [-0.05, 0) is 30.0 Å². The molecule has 3 heteroatoms. The third-order valence-corrected chi connectivity index (χ3v) is 2.58. The molecular formula is C13H17N3. The van der Waals surface area contributed by atoms with Crippen LogP contribution in [0, 0.1) is 6.92 Å². The molecule has 0 N–H and O–H groups in total. The van der Waals surface area contributed by atoms with E-state index in [1.807, 2.05) is 17.7 Å². The van der Waals surface area contributed by atoms with Gasteiger partial charge in [0.2, 0.25) is 0 Å². The quantitative estimate of drug-likeness (QED) is 0.732. The van der Waals surface area contributed by atoms with E-state index in [4.69, 9.17) is 0 Å². The fourth-order valence-electron chi connectivity index (χ4n) is 1.59. The maximum atomic E-state index is 4.31. The molecule has 16 heavy (non-hydrogen) atoms. The predicted octanol–water partition coefficient (Wildman–Crippen LogP) is 2.87. The van der Waals surface area contributed by atoms with Crippen molar-refractivity contribution in [2.45, 2.75) is 33.1 Å². The van der Waals surface area contributed by atoms with Crippen LogP contribution in [-0.2, 0) is 5.41 Å². The lowest BCUT2D eigenvalue weighted by Crippen LogP contribution is -2.11. The normalized spacial score (nSPS) is 11.8. The van der Waals surface area contributed by atoms with Gasteiger partial charge in [0, 0.05) is 0 Å². The lowest BCUT2D eigenvalue weighted by atomic mass is 9.87. The fourth-order valence-corrected chi connectivity index (χ4v) is 1.59. The molecule has 1 heterocycles. The molecule has 2 aromatic rings. The summed E-state index contributed by atoms with van der Waals surface area (Å²) in [4.78, 5) is 4.14. The number of benzene rings is 1. The summed E-state index contributed by atoms with van der Waals surface area (Å²) in [5, 5.41) is 4.31. The predicted molar refractivity (Wildman–Crippen MR) is 64.8 cm³/mol. The Bertz CT molecular complexity index is 492. The van der Waals surface area contributed by atoms with Gasteiger partial charge in [0.1, 0.15) is 12.2 Å². The molecule has 1 aromatic carbocycles. The van der Waals surface area contributed by atoms with Crippen LogP contribution in [0.1, 0.15) is 32.2 Å². The lowest BCUT2D eigenvalue weighted by molar-refractivity contribution is 0.589. The second-order valence-corrected chi connectivity index (χ2v) is 5.04. The van der Waals surface area contributed by atoms with Gasteiger partial charge in [0.15, 0.2) is 0 Å². The number of hydrogen-bond acceptors (Lipinski definition) is 2. The molecule has 0 saturated carbocycles. The van der Waals surface area contributed by atoms with Crippen LogP contribution in [-0.4, -0.2) is 14.8 Å². The van der Waals surface area contributed by atoms with Gasteiger partial charge in [0.05, 0.1) is 5.69 Å². The second kappa shape index (κ2) is 3.74. The maximum absolute atomic E-state index is 4.31. The molecular weight excluding hydrogens is 198 g/mol. The largest absolute Gasteiger partial charge is 0.221 e. The van der Waals surface area contributed by atoms with Gasteiger partial charge in [-0.25, -0.2) is 9.67 Å².